The van der Waals surface area contributed by atoms with Crippen LogP contribution in [0.25, 0.3) is 0 Å². The molecule has 0 aliphatic carbocycles. The second-order valence-electron chi connectivity index (χ2n) is 3.98. The SMILES string of the molecule is CCCC(N)C(=O)N(C)C(C)CCC. The van der Waals surface area contributed by atoms with Crippen LogP contribution in [0.15, 0.2) is 0 Å². The van der Waals surface area contributed by atoms with Gasteiger partial charge in [0.25, 0.3) is 0 Å². The highest BCUT2D eigenvalue weighted by molar-refractivity contribution is 5.81. The summed E-state index contributed by atoms with van der Waals surface area (Å²) in [4.78, 5) is 13.5. The van der Waals surface area contributed by atoms with Gasteiger partial charge >= 0.3 is 0 Å². The molecule has 0 radical (unpaired) electrons. The number of nitrogens with two attached hydrogens (primary N) is 1. The van der Waals surface area contributed by atoms with Crippen LogP contribution in [0.3, 0.4) is 0 Å². The summed E-state index contributed by atoms with van der Waals surface area (Å²) in [7, 11) is 1.85. The van der Waals surface area contributed by atoms with Crippen molar-refractivity contribution in [2.75, 3.05) is 7.05 Å². The Balaban J connectivity index is 4.09. The van der Waals surface area contributed by atoms with Gasteiger partial charge in [0.05, 0.1) is 6.04 Å². The van der Waals surface area contributed by atoms with Crippen molar-refractivity contribution in [3.05, 3.63) is 0 Å². The minimum absolute atomic E-state index is 0.0767. The second kappa shape index (κ2) is 6.82. The topological polar surface area (TPSA) is 46.3 Å². The maximum atomic E-state index is 11.8. The predicted octanol–water partition coefficient (Wildman–Crippen LogP) is 1.76. The summed E-state index contributed by atoms with van der Waals surface area (Å²) in [6, 6.07) is -0.0142. The summed E-state index contributed by atoms with van der Waals surface area (Å²) in [5.41, 5.74) is 5.77. The lowest BCUT2D eigenvalue weighted by molar-refractivity contribution is -0.133. The first-order valence-corrected chi connectivity index (χ1v) is 5.56. The van der Waals surface area contributed by atoms with E-state index in [-0.39, 0.29) is 11.9 Å². The maximum Gasteiger partial charge on any atom is 0.239 e. The van der Waals surface area contributed by atoms with Crippen LogP contribution < -0.4 is 5.73 Å². The molecule has 14 heavy (non-hydrogen) atoms. The van der Waals surface area contributed by atoms with Crippen molar-refractivity contribution in [1.29, 1.82) is 0 Å². The van der Waals surface area contributed by atoms with Gasteiger partial charge in [-0.05, 0) is 19.8 Å². The van der Waals surface area contributed by atoms with Crippen LogP contribution in [-0.2, 0) is 4.79 Å². The van der Waals surface area contributed by atoms with E-state index in [1.54, 1.807) is 4.90 Å². The molecule has 0 heterocycles. The molecule has 0 aliphatic rings. The Morgan fingerprint density at radius 2 is 1.79 bits per heavy atom. The number of hydrogen-bond acceptors (Lipinski definition) is 2. The van der Waals surface area contributed by atoms with E-state index >= 15 is 0 Å². The van der Waals surface area contributed by atoms with Gasteiger partial charge in [-0.2, -0.15) is 0 Å². The fourth-order valence-electron chi connectivity index (χ4n) is 1.52. The minimum atomic E-state index is -0.315. The number of hydrogen-bond donors (Lipinski definition) is 1. The minimum Gasteiger partial charge on any atom is -0.342 e. The molecule has 2 atom stereocenters. The first-order valence-electron chi connectivity index (χ1n) is 5.56. The number of carbonyl (C=O) groups is 1. The van der Waals surface area contributed by atoms with Crippen molar-refractivity contribution < 1.29 is 4.79 Å². The largest absolute Gasteiger partial charge is 0.342 e. The monoisotopic (exact) mass is 200 g/mol. The third kappa shape index (κ3) is 4.09. The Labute approximate surface area is 87.6 Å². The summed E-state index contributed by atoms with van der Waals surface area (Å²) in [6.07, 6.45) is 3.88. The van der Waals surface area contributed by atoms with Crippen molar-refractivity contribution in [1.82, 2.24) is 4.90 Å². The van der Waals surface area contributed by atoms with Crippen molar-refractivity contribution in [2.45, 2.75) is 58.5 Å². The zero-order valence-electron chi connectivity index (χ0n) is 9.92. The maximum absolute atomic E-state index is 11.8. The van der Waals surface area contributed by atoms with Crippen LogP contribution in [0.1, 0.15) is 46.5 Å². The molecule has 0 saturated heterocycles. The lowest BCUT2D eigenvalue weighted by atomic mass is 10.1. The van der Waals surface area contributed by atoms with Gasteiger partial charge < -0.3 is 10.6 Å². The summed E-state index contributed by atoms with van der Waals surface area (Å²) < 4.78 is 0. The molecular formula is C11H24N2O. The summed E-state index contributed by atoms with van der Waals surface area (Å²) in [5.74, 6) is 0.0767. The van der Waals surface area contributed by atoms with Gasteiger partial charge in [0.15, 0.2) is 0 Å². The Hall–Kier alpha value is -0.570. The zero-order chi connectivity index (χ0) is 11.1. The van der Waals surface area contributed by atoms with Crippen LogP contribution in [0.5, 0.6) is 0 Å². The van der Waals surface area contributed by atoms with Gasteiger partial charge in [0.2, 0.25) is 5.91 Å². The molecule has 2 N–H and O–H groups in total. The van der Waals surface area contributed by atoms with E-state index in [2.05, 4.69) is 13.8 Å². The normalized spacial score (nSPS) is 14.9. The third-order valence-corrected chi connectivity index (χ3v) is 2.63. The van der Waals surface area contributed by atoms with E-state index in [4.69, 9.17) is 5.73 Å². The molecule has 2 unspecified atom stereocenters. The number of carbonyl (C=O) groups excluding carboxylic acids is 1. The lowest BCUT2D eigenvalue weighted by Crippen LogP contribution is -2.45. The Morgan fingerprint density at radius 3 is 2.21 bits per heavy atom. The zero-order valence-corrected chi connectivity index (χ0v) is 9.92. The Kier molecular flexibility index (Phi) is 6.54. The second-order valence-corrected chi connectivity index (χ2v) is 3.98. The highest BCUT2D eigenvalue weighted by Crippen LogP contribution is 2.07. The molecule has 0 rings (SSSR count). The third-order valence-electron chi connectivity index (χ3n) is 2.63. The molecule has 0 spiro atoms. The molecule has 0 aromatic heterocycles. The Morgan fingerprint density at radius 1 is 1.29 bits per heavy atom. The van der Waals surface area contributed by atoms with Crippen LogP contribution >= 0.6 is 0 Å². The summed E-state index contributed by atoms with van der Waals surface area (Å²) >= 11 is 0. The van der Waals surface area contributed by atoms with Crippen molar-refractivity contribution in [3.8, 4) is 0 Å². The molecular weight excluding hydrogens is 176 g/mol. The quantitative estimate of drug-likeness (QED) is 0.710. The number of rotatable bonds is 6. The standard InChI is InChI=1S/C11H24N2O/c1-5-7-9(3)13(4)11(14)10(12)8-6-2/h9-10H,5-8,12H2,1-4H3. The van der Waals surface area contributed by atoms with Gasteiger partial charge in [0.1, 0.15) is 0 Å². The van der Waals surface area contributed by atoms with E-state index in [9.17, 15) is 4.79 Å². The number of likely N-dealkylation sites (N-methyl/N-ethyl adjacent to an activating group) is 1. The van der Waals surface area contributed by atoms with Gasteiger partial charge in [-0.15, -0.1) is 0 Å². The van der Waals surface area contributed by atoms with E-state index in [0.717, 1.165) is 25.7 Å². The summed E-state index contributed by atoms with van der Waals surface area (Å²) in [6.45, 7) is 6.24. The molecule has 0 bridgehead atoms. The molecule has 0 aromatic carbocycles. The summed E-state index contributed by atoms with van der Waals surface area (Å²) in [5, 5.41) is 0. The highest BCUT2D eigenvalue weighted by atomic mass is 16.2. The van der Waals surface area contributed by atoms with Crippen LogP contribution in [-0.4, -0.2) is 29.9 Å². The molecule has 0 fully saturated rings. The lowest BCUT2D eigenvalue weighted by Gasteiger charge is -2.27. The smallest absolute Gasteiger partial charge is 0.239 e. The predicted molar refractivity (Wildman–Crippen MR) is 60.0 cm³/mol. The number of nitrogens with zero attached hydrogens (tertiary/aromatic N) is 1. The number of amides is 1. The van der Waals surface area contributed by atoms with Gasteiger partial charge in [0, 0.05) is 13.1 Å². The van der Waals surface area contributed by atoms with Gasteiger partial charge in [-0.1, -0.05) is 26.7 Å². The highest BCUT2D eigenvalue weighted by Gasteiger charge is 2.20. The fourth-order valence-corrected chi connectivity index (χ4v) is 1.52. The van der Waals surface area contributed by atoms with E-state index in [1.807, 2.05) is 14.0 Å². The average molecular weight is 200 g/mol. The van der Waals surface area contributed by atoms with Crippen LogP contribution in [0.2, 0.25) is 0 Å². The van der Waals surface area contributed by atoms with E-state index < -0.39 is 0 Å². The molecule has 0 saturated carbocycles. The fraction of sp³-hybridized carbons (Fsp3) is 0.909. The van der Waals surface area contributed by atoms with Gasteiger partial charge in [-0.3, -0.25) is 4.79 Å². The van der Waals surface area contributed by atoms with Crippen LogP contribution in [0.4, 0.5) is 0 Å². The molecule has 3 heteroatoms. The van der Waals surface area contributed by atoms with Crippen molar-refractivity contribution in [3.63, 3.8) is 0 Å². The molecule has 1 amide bonds. The molecule has 84 valence electrons. The van der Waals surface area contributed by atoms with Crippen molar-refractivity contribution in [2.24, 2.45) is 5.73 Å². The van der Waals surface area contributed by atoms with Crippen LogP contribution in [0, 0.1) is 0 Å². The molecule has 3 nitrogen and oxygen atoms in total. The molecule has 0 aromatic rings. The molecule has 0 aliphatic heterocycles. The first-order chi connectivity index (χ1) is 6.54. The van der Waals surface area contributed by atoms with Gasteiger partial charge in [-0.25, -0.2) is 0 Å². The first kappa shape index (κ1) is 13.4. The Bertz CT molecular complexity index is 171. The van der Waals surface area contributed by atoms with E-state index in [0.29, 0.717) is 6.04 Å². The average Bonchev–Trinajstić information content (AvgIpc) is 2.16. The van der Waals surface area contributed by atoms with Crippen molar-refractivity contribution >= 4 is 5.91 Å². The van der Waals surface area contributed by atoms with E-state index in [1.165, 1.54) is 0 Å².